The molecule has 1 aromatic rings. The lowest BCUT2D eigenvalue weighted by atomic mass is 10.2. The van der Waals surface area contributed by atoms with E-state index in [1.165, 1.54) is 10.6 Å². The highest BCUT2D eigenvalue weighted by atomic mass is 32.2. The monoisotopic (exact) mass is 316 g/mol. The molecule has 8 nitrogen and oxygen atoms in total. The zero-order valence-electron chi connectivity index (χ0n) is 12.3. The highest BCUT2D eigenvalue weighted by Crippen LogP contribution is 2.20. The van der Waals surface area contributed by atoms with Gasteiger partial charge < -0.3 is 15.2 Å². The molecule has 0 bridgehead atoms. The molecule has 1 aliphatic heterocycles. The summed E-state index contributed by atoms with van der Waals surface area (Å²) in [6.07, 6.45) is 2.75. The minimum Gasteiger partial charge on any atom is -0.359 e. The Bertz CT molecular complexity index is 606. The van der Waals surface area contributed by atoms with Crippen molar-refractivity contribution in [3.05, 3.63) is 11.5 Å². The molecule has 2 N–H and O–H groups in total. The number of amides is 2. The van der Waals surface area contributed by atoms with Gasteiger partial charge in [-0.1, -0.05) is 5.16 Å². The maximum Gasteiger partial charge on any atom is 0.319 e. The van der Waals surface area contributed by atoms with Crippen molar-refractivity contribution < 1.29 is 17.7 Å². The number of carbonyl (C=O) groups is 1. The number of hydrogen-bond acceptors (Lipinski definition) is 5. The van der Waals surface area contributed by atoms with Gasteiger partial charge in [0.1, 0.15) is 11.4 Å². The fourth-order valence-corrected chi connectivity index (χ4v) is 3.66. The summed E-state index contributed by atoms with van der Waals surface area (Å²) in [7, 11) is -3.23. The average Bonchev–Trinajstić information content (AvgIpc) is 2.97. The molecule has 0 aliphatic carbocycles. The average molecular weight is 316 g/mol. The van der Waals surface area contributed by atoms with Crippen LogP contribution in [0.3, 0.4) is 0 Å². The summed E-state index contributed by atoms with van der Waals surface area (Å²) in [6, 6.07) is -0.583. The first kappa shape index (κ1) is 15.8. The molecule has 1 aromatic heterocycles. The minimum atomic E-state index is -3.23. The first-order valence-corrected chi connectivity index (χ1v) is 8.58. The molecule has 0 unspecified atom stereocenters. The smallest absolute Gasteiger partial charge is 0.319 e. The molecule has 2 amide bonds. The fourth-order valence-electron chi connectivity index (χ4n) is 2.48. The third-order valence-corrected chi connectivity index (χ3v) is 4.85. The number of rotatable bonds is 4. The highest BCUT2D eigenvalue weighted by molar-refractivity contribution is 7.88. The van der Waals surface area contributed by atoms with Crippen LogP contribution in [0.2, 0.25) is 0 Å². The molecular weight excluding hydrogens is 296 g/mol. The maximum atomic E-state index is 11.9. The summed E-state index contributed by atoms with van der Waals surface area (Å²) in [5, 5.41) is 9.10. The van der Waals surface area contributed by atoms with E-state index in [-0.39, 0.29) is 12.6 Å². The number of carbonyl (C=O) groups excluding carboxylic acids is 1. The van der Waals surface area contributed by atoms with Gasteiger partial charge >= 0.3 is 6.03 Å². The lowest BCUT2D eigenvalue weighted by Crippen LogP contribution is -2.43. The summed E-state index contributed by atoms with van der Waals surface area (Å²) in [4.78, 5) is 11.9. The Morgan fingerprint density at radius 3 is 2.76 bits per heavy atom. The van der Waals surface area contributed by atoms with Gasteiger partial charge in [0.2, 0.25) is 10.0 Å². The number of anilines is 1. The Balaban J connectivity index is 1.90. The predicted molar refractivity (Wildman–Crippen MR) is 77.6 cm³/mol. The Kier molecular flexibility index (Phi) is 4.52. The maximum absolute atomic E-state index is 11.9. The molecule has 118 valence electrons. The summed E-state index contributed by atoms with van der Waals surface area (Å²) in [6.45, 7) is 4.23. The number of hydrogen-bond donors (Lipinski definition) is 2. The van der Waals surface area contributed by atoms with Gasteiger partial charge in [0.15, 0.2) is 5.76 Å². The van der Waals surface area contributed by atoms with Crippen molar-refractivity contribution in [2.75, 3.05) is 24.7 Å². The third kappa shape index (κ3) is 3.73. The normalized spacial score (nSPS) is 19.7. The number of nitrogens with zero attached hydrogens (tertiary/aromatic N) is 2. The van der Waals surface area contributed by atoms with E-state index in [0.29, 0.717) is 23.7 Å². The van der Waals surface area contributed by atoms with E-state index in [0.717, 1.165) is 12.8 Å². The van der Waals surface area contributed by atoms with Crippen molar-refractivity contribution in [3.8, 4) is 0 Å². The van der Waals surface area contributed by atoms with E-state index in [1.54, 1.807) is 13.8 Å². The van der Waals surface area contributed by atoms with Crippen LogP contribution in [0.1, 0.15) is 24.3 Å². The molecule has 9 heteroatoms. The van der Waals surface area contributed by atoms with Gasteiger partial charge in [0.05, 0.1) is 6.26 Å². The van der Waals surface area contributed by atoms with Crippen LogP contribution >= 0.6 is 0 Å². The summed E-state index contributed by atoms with van der Waals surface area (Å²) < 4.78 is 29.6. The van der Waals surface area contributed by atoms with E-state index in [4.69, 9.17) is 4.52 Å². The standard InChI is InChI=1S/C12H20N4O4S/c1-8-11(9(2)20-15-8)14-12(17)13-7-10-5-4-6-16(10)21(3,18)19/h10H,4-7H2,1-3H3,(H2,13,14,17)/t10-/m1/s1. The van der Waals surface area contributed by atoms with Crippen molar-refractivity contribution >= 4 is 21.7 Å². The van der Waals surface area contributed by atoms with Crippen LogP contribution in [0.15, 0.2) is 4.52 Å². The van der Waals surface area contributed by atoms with Gasteiger partial charge in [-0.25, -0.2) is 13.2 Å². The van der Waals surface area contributed by atoms with Crippen LogP contribution in [-0.2, 0) is 10.0 Å². The number of aromatic nitrogens is 1. The largest absolute Gasteiger partial charge is 0.359 e. The molecule has 1 saturated heterocycles. The van der Waals surface area contributed by atoms with Gasteiger partial charge in [0, 0.05) is 19.1 Å². The van der Waals surface area contributed by atoms with Crippen LogP contribution in [0.25, 0.3) is 0 Å². The molecule has 2 rings (SSSR count). The van der Waals surface area contributed by atoms with Gasteiger partial charge in [-0.2, -0.15) is 4.31 Å². The second-order valence-corrected chi connectivity index (χ2v) is 7.14. The first-order valence-electron chi connectivity index (χ1n) is 6.73. The number of sulfonamides is 1. The van der Waals surface area contributed by atoms with Crippen molar-refractivity contribution in [3.63, 3.8) is 0 Å². The summed E-state index contributed by atoms with van der Waals surface area (Å²) >= 11 is 0. The number of nitrogens with one attached hydrogen (secondary N) is 2. The van der Waals surface area contributed by atoms with Crippen molar-refractivity contribution in [1.82, 2.24) is 14.8 Å². The van der Waals surface area contributed by atoms with Crippen molar-refractivity contribution in [2.45, 2.75) is 32.7 Å². The Morgan fingerprint density at radius 2 is 2.19 bits per heavy atom. The van der Waals surface area contributed by atoms with Crippen molar-refractivity contribution in [2.24, 2.45) is 0 Å². The SMILES string of the molecule is Cc1noc(C)c1NC(=O)NC[C@H]1CCCN1S(C)(=O)=O. The Labute approximate surface area is 123 Å². The first-order chi connectivity index (χ1) is 9.79. The van der Waals surface area contributed by atoms with Crippen LogP contribution in [0.4, 0.5) is 10.5 Å². The lowest BCUT2D eigenvalue weighted by Gasteiger charge is -2.22. The van der Waals surface area contributed by atoms with E-state index >= 15 is 0 Å². The zero-order valence-corrected chi connectivity index (χ0v) is 13.2. The fraction of sp³-hybridized carbons (Fsp3) is 0.667. The van der Waals surface area contributed by atoms with Crippen LogP contribution in [0, 0.1) is 13.8 Å². The molecule has 1 atom stereocenters. The summed E-state index contributed by atoms with van der Waals surface area (Å²) in [5.74, 6) is 0.529. The molecule has 0 aromatic carbocycles. The number of urea groups is 1. The van der Waals surface area contributed by atoms with E-state index in [1.807, 2.05) is 0 Å². The second-order valence-electron chi connectivity index (χ2n) is 5.20. The quantitative estimate of drug-likeness (QED) is 0.856. The molecule has 1 aliphatic rings. The Hall–Kier alpha value is -1.61. The van der Waals surface area contributed by atoms with Crippen LogP contribution in [0.5, 0.6) is 0 Å². The predicted octanol–water partition coefficient (Wildman–Crippen LogP) is 0.837. The Morgan fingerprint density at radius 1 is 1.48 bits per heavy atom. The third-order valence-electron chi connectivity index (χ3n) is 3.52. The van der Waals surface area contributed by atoms with Gasteiger partial charge in [-0.05, 0) is 26.7 Å². The molecule has 21 heavy (non-hydrogen) atoms. The van der Waals surface area contributed by atoms with E-state index in [2.05, 4.69) is 15.8 Å². The van der Waals surface area contributed by atoms with Gasteiger partial charge in [-0.3, -0.25) is 0 Å². The summed E-state index contributed by atoms with van der Waals surface area (Å²) in [5.41, 5.74) is 1.14. The molecule has 0 radical (unpaired) electrons. The van der Waals surface area contributed by atoms with Crippen LogP contribution in [-0.4, -0.2) is 49.3 Å². The topological polar surface area (TPSA) is 105 Å². The highest BCUT2D eigenvalue weighted by Gasteiger charge is 2.31. The molecule has 0 saturated carbocycles. The van der Waals surface area contributed by atoms with Gasteiger partial charge in [-0.15, -0.1) is 0 Å². The van der Waals surface area contributed by atoms with Crippen LogP contribution < -0.4 is 10.6 Å². The second kappa shape index (κ2) is 6.02. The van der Waals surface area contributed by atoms with E-state index in [9.17, 15) is 13.2 Å². The van der Waals surface area contributed by atoms with Crippen molar-refractivity contribution in [1.29, 1.82) is 0 Å². The molecule has 1 fully saturated rings. The van der Waals surface area contributed by atoms with E-state index < -0.39 is 16.1 Å². The molecule has 0 spiro atoms. The number of aryl methyl sites for hydroxylation is 2. The molecule has 2 heterocycles. The zero-order chi connectivity index (χ0) is 15.6. The minimum absolute atomic E-state index is 0.185. The van der Waals surface area contributed by atoms with Gasteiger partial charge in [0.25, 0.3) is 0 Å². The molecular formula is C12H20N4O4S. The lowest BCUT2D eigenvalue weighted by molar-refractivity contribution is 0.249.